The Bertz CT molecular complexity index is 284. The van der Waals surface area contributed by atoms with Gasteiger partial charge in [0.15, 0.2) is 9.84 Å². The Hall–Kier alpha value is -0.160. The number of hydrogen-bond donors (Lipinski definition) is 1. The predicted octanol–water partition coefficient (Wildman–Crippen LogP) is 1.29. The lowest BCUT2D eigenvalue weighted by Crippen LogP contribution is -2.33. The van der Waals surface area contributed by atoms with E-state index in [0.717, 1.165) is 19.4 Å². The second-order valence-corrected chi connectivity index (χ2v) is 7.10. The molecule has 0 spiro atoms. The third-order valence-electron chi connectivity index (χ3n) is 2.93. The monoisotopic (exact) mass is 237 g/mol. The lowest BCUT2D eigenvalue weighted by molar-refractivity contribution is 0.258. The first-order valence-electron chi connectivity index (χ1n) is 5.52. The Labute approximate surface area is 91.4 Å². The Balaban J connectivity index is 2.36. The third kappa shape index (κ3) is 3.72. The van der Waals surface area contributed by atoms with E-state index >= 15 is 0 Å². The third-order valence-corrected chi connectivity index (χ3v) is 5.17. The zero-order valence-electron chi connectivity index (χ0n) is 9.37. The Morgan fingerprint density at radius 1 is 1.47 bits per heavy atom. The van der Waals surface area contributed by atoms with Crippen molar-refractivity contribution in [1.82, 2.24) is 5.32 Å². The molecular formula is C10H20FNO2S. The minimum absolute atomic E-state index is 0.0377. The average molecular weight is 237 g/mol. The maximum Gasteiger partial charge on any atom is 0.152 e. The van der Waals surface area contributed by atoms with Gasteiger partial charge < -0.3 is 5.32 Å². The van der Waals surface area contributed by atoms with Gasteiger partial charge in [0.1, 0.15) is 6.17 Å². The molecule has 0 saturated carbocycles. The van der Waals surface area contributed by atoms with E-state index in [0.29, 0.717) is 0 Å². The van der Waals surface area contributed by atoms with E-state index in [9.17, 15) is 12.8 Å². The summed E-state index contributed by atoms with van der Waals surface area (Å²) in [6, 6.07) is -0.132. The predicted molar refractivity (Wildman–Crippen MR) is 59.5 cm³/mol. The van der Waals surface area contributed by atoms with Gasteiger partial charge in [-0.3, -0.25) is 0 Å². The van der Waals surface area contributed by atoms with Crippen LogP contribution in [-0.2, 0) is 9.84 Å². The number of sulfone groups is 1. The summed E-state index contributed by atoms with van der Waals surface area (Å²) in [6.45, 7) is 4.12. The highest BCUT2D eigenvalue weighted by atomic mass is 32.2. The zero-order valence-corrected chi connectivity index (χ0v) is 10.2. The van der Waals surface area contributed by atoms with Crippen LogP contribution < -0.4 is 5.32 Å². The highest BCUT2D eigenvalue weighted by Crippen LogP contribution is 2.16. The zero-order chi connectivity index (χ0) is 11.5. The molecule has 1 rings (SSSR count). The van der Waals surface area contributed by atoms with Crippen molar-refractivity contribution in [1.29, 1.82) is 0 Å². The van der Waals surface area contributed by atoms with Crippen molar-refractivity contribution in [2.75, 3.05) is 12.3 Å². The van der Waals surface area contributed by atoms with Crippen molar-refractivity contribution >= 4 is 9.84 Å². The molecule has 1 N–H and O–H groups in total. The number of hydrogen-bond acceptors (Lipinski definition) is 3. The first-order chi connectivity index (χ1) is 6.93. The molecule has 0 aromatic carbocycles. The van der Waals surface area contributed by atoms with E-state index in [4.69, 9.17) is 0 Å². The highest BCUT2D eigenvalue weighted by Gasteiger charge is 2.26. The van der Waals surface area contributed by atoms with Crippen LogP contribution in [0.25, 0.3) is 0 Å². The molecule has 0 aromatic heterocycles. The lowest BCUT2D eigenvalue weighted by atomic mass is 10.1. The van der Waals surface area contributed by atoms with Crippen LogP contribution in [0.3, 0.4) is 0 Å². The van der Waals surface area contributed by atoms with Crippen molar-refractivity contribution < 1.29 is 12.8 Å². The molecule has 1 heterocycles. The second-order valence-electron chi connectivity index (χ2n) is 4.42. The van der Waals surface area contributed by atoms with Crippen LogP contribution in [0.4, 0.5) is 4.39 Å². The van der Waals surface area contributed by atoms with E-state index in [2.05, 4.69) is 5.32 Å². The second kappa shape index (κ2) is 5.25. The SMILES string of the molecule is CC(C)S(=O)(=O)CCC(F)C1CCCN1. The van der Waals surface area contributed by atoms with Gasteiger partial charge in [0.2, 0.25) is 0 Å². The van der Waals surface area contributed by atoms with Gasteiger partial charge in [0.25, 0.3) is 0 Å². The van der Waals surface area contributed by atoms with E-state index in [-0.39, 0.29) is 18.2 Å². The van der Waals surface area contributed by atoms with E-state index in [1.807, 2.05) is 0 Å². The largest absolute Gasteiger partial charge is 0.311 e. The van der Waals surface area contributed by atoms with Crippen LogP contribution in [0.2, 0.25) is 0 Å². The molecule has 2 atom stereocenters. The van der Waals surface area contributed by atoms with Crippen LogP contribution >= 0.6 is 0 Å². The quantitative estimate of drug-likeness (QED) is 0.783. The highest BCUT2D eigenvalue weighted by molar-refractivity contribution is 7.91. The summed E-state index contributed by atoms with van der Waals surface area (Å²) in [5.74, 6) is -0.0377. The van der Waals surface area contributed by atoms with Gasteiger partial charge in [-0.1, -0.05) is 0 Å². The molecule has 5 heteroatoms. The molecule has 0 aliphatic carbocycles. The maximum atomic E-state index is 13.6. The van der Waals surface area contributed by atoms with Crippen molar-refractivity contribution in [3.8, 4) is 0 Å². The number of nitrogens with one attached hydrogen (secondary N) is 1. The Morgan fingerprint density at radius 3 is 2.60 bits per heavy atom. The number of alkyl halides is 1. The standard InChI is InChI=1S/C10H20FNO2S/c1-8(2)15(13,14)7-5-9(11)10-4-3-6-12-10/h8-10,12H,3-7H2,1-2H3. The van der Waals surface area contributed by atoms with Crippen molar-refractivity contribution in [2.24, 2.45) is 0 Å². The van der Waals surface area contributed by atoms with Crippen LogP contribution in [0.1, 0.15) is 33.1 Å². The molecule has 15 heavy (non-hydrogen) atoms. The van der Waals surface area contributed by atoms with Crippen LogP contribution in [0, 0.1) is 0 Å². The minimum Gasteiger partial charge on any atom is -0.311 e. The van der Waals surface area contributed by atoms with Gasteiger partial charge in [-0.05, 0) is 39.7 Å². The van der Waals surface area contributed by atoms with Crippen LogP contribution in [0.15, 0.2) is 0 Å². The lowest BCUT2D eigenvalue weighted by Gasteiger charge is -2.16. The van der Waals surface area contributed by atoms with Crippen molar-refractivity contribution in [3.63, 3.8) is 0 Å². The fourth-order valence-corrected chi connectivity index (χ4v) is 2.76. The summed E-state index contributed by atoms with van der Waals surface area (Å²) in [5, 5.41) is 2.65. The Kier molecular flexibility index (Phi) is 4.52. The van der Waals surface area contributed by atoms with Gasteiger partial charge >= 0.3 is 0 Å². The van der Waals surface area contributed by atoms with Gasteiger partial charge in [-0.2, -0.15) is 0 Å². The number of halogens is 1. The van der Waals surface area contributed by atoms with E-state index in [1.54, 1.807) is 13.8 Å². The Morgan fingerprint density at radius 2 is 2.13 bits per heavy atom. The summed E-state index contributed by atoms with van der Waals surface area (Å²) >= 11 is 0. The molecule has 1 fully saturated rings. The smallest absolute Gasteiger partial charge is 0.152 e. The fourth-order valence-electron chi connectivity index (χ4n) is 1.73. The molecule has 1 aliphatic rings. The van der Waals surface area contributed by atoms with Gasteiger partial charge in [0.05, 0.1) is 11.0 Å². The van der Waals surface area contributed by atoms with Crippen LogP contribution in [-0.4, -0.2) is 38.2 Å². The molecule has 2 unspecified atom stereocenters. The van der Waals surface area contributed by atoms with Crippen molar-refractivity contribution in [3.05, 3.63) is 0 Å². The van der Waals surface area contributed by atoms with Gasteiger partial charge in [-0.15, -0.1) is 0 Å². The summed E-state index contributed by atoms with van der Waals surface area (Å²) < 4.78 is 36.5. The van der Waals surface area contributed by atoms with Gasteiger partial charge in [-0.25, -0.2) is 12.8 Å². The molecular weight excluding hydrogens is 217 g/mol. The summed E-state index contributed by atoms with van der Waals surface area (Å²) in [7, 11) is -3.09. The minimum atomic E-state index is -3.09. The molecule has 0 bridgehead atoms. The first-order valence-corrected chi connectivity index (χ1v) is 7.24. The molecule has 3 nitrogen and oxygen atoms in total. The first kappa shape index (κ1) is 12.9. The normalized spacial score (nSPS) is 24.7. The summed E-state index contributed by atoms with van der Waals surface area (Å²) in [5.41, 5.74) is 0. The maximum absolute atomic E-state index is 13.6. The van der Waals surface area contributed by atoms with E-state index < -0.39 is 21.3 Å². The topological polar surface area (TPSA) is 46.2 Å². The molecule has 1 aliphatic heterocycles. The fraction of sp³-hybridized carbons (Fsp3) is 1.00. The summed E-state index contributed by atoms with van der Waals surface area (Å²) in [6.07, 6.45) is 0.907. The van der Waals surface area contributed by atoms with E-state index in [1.165, 1.54) is 0 Å². The molecule has 90 valence electrons. The average Bonchev–Trinajstić information content (AvgIpc) is 2.66. The van der Waals surface area contributed by atoms with Gasteiger partial charge in [0, 0.05) is 6.04 Å². The molecule has 0 amide bonds. The molecule has 0 aromatic rings. The summed E-state index contributed by atoms with van der Waals surface area (Å²) in [4.78, 5) is 0. The van der Waals surface area contributed by atoms with Crippen molar-refractivity contribution in [2.45, 2.75) is 50.6 Å². The molecule has 1 saturated heterocycles. The molecule has 0 radical (unpaired) electrons. The number of rotatable bonds is 5. The van der Waals surface area contributed by atoms with Crippen LogP contribution in [0.5, 0.6) is 0 Å².